The van der Waals surface area contributed by atoms with Crippen LogP contribution in [-0.2, 0) is 4.94 Å². The Labute approximate surface area is 117 Å². The third-order valence-electron chi connectivity index (χ3n) is 4.26. The Bertz CT molecular complexity index is 442. The summed E-state index contributed by atoms with van der Waals surface area (Å²) in [6, 6.07) is 0. The van der Waals surface area contributed by atoms with Gasteiger partial charge in [-0.1, -0.05) is 13.8 Å². The van der Waals surface area contributed by atoms with E-state index < -0.39 is 11.3 Å². The molecule has 3 aliphatic rings. The maximum absolute atomic E-state index is 10.9. The van der Waals surface area contributed by atoms with Gasteiger partial charge in [-0.3, -0.25) is 10.3 Å². The van der Waals surface area contributed by atoms with Crippen molar-refractivity contribution in [3.63, 3.8) is 0 Å². The molecule has 114 valence electrons. The van der Waals surface area contributed by atoms with Crippen molar-refractivity contribution in [3.05, 3.63) is 11.4 Å². The van der Waals surface area contributed by atoms with Crippen LogP contribution in [0.5, 0.6) is 0 Å². The fourth-order valence-electron chi connectivity index (χ4n) is 2.73. The third-order valence-corrected chi connectivity index (χ3v) is 4.26. The monoisotopic (exact) mass is 286 g/mol. The standard InChI is InChI=1S/C11H22N6O3/c1-4-10(3,18)6-7-11(19,5-2)12-8-9(15-20-14-8)17(7)16-13-6/h8-9,12-16,18-19H,4-5H2,1-3H3/t8?,9?,10-,11+/m1/s1. The largest absolute Gasteiger partial charge is 0.384 e. The molecule has 0 saturated carbocycles. The lowest BCUT2D eigenvalue weighted by Gasteiger charge is -2.45. The van der Waals surface area contributed by atoms with E-state index in [1.54, 1.807) is 11.9 Å². The number of piperazine rings is 1. The van der Waals surface area contributed by atoms with Gasteiger partial charge in [0.2, 0.25) is 0 Å². The lowest BCUT2D eigenvalue weighted by Crippen LogP contribution is -2.71. The van der Waals surface area contributed by atoms with Crippen LogP contribution in [0.1, 0.15) is 33.6 Å². The van der Waals surface area contributed by atoms with Gasteiger partial charge >= 0.3 is 0 Å². The number of rotatable bonds is 3. The van der Waals surface area contributed by atoms with Crippen LogP contribution in [0.15, 0.2) is 11.4 Å². The Morgan fingerprint density at radius 2 is 2.15 bits per heavy atom. The van der Waals surface area contributed by atoms with E-state index in [-0.39, 0.29) is 12.3 Å². The maximum atomic E-state index is 10.9. The summed E-state index contributed by atoms with van der Waals surface area (Å²) >= 11 is 0. The van der Waals surface area contributed by atoms with Gasteiger partial charge in [0, 0.05) is 0 Å². The SMILES string of the molecule is CC[C@@]1(O)NC2NONC2N2NNC([C@](C)(O)CC)=C21. The first-order valence-corrected chi connectivity index (χ1v) is 6.88. The van der Waals surface area contributed by atoms with E-state index in [1.807, 2.05) is 13.8 Å². The lowest BCUT2D eigenvalue weighted by molar-refractivity contribution is -0.0613. The Morgan fingerprint density at radius 1 is 1.40 bits per heavy atom. The highest BCUT2D eigenvalue weighted by molar-refractivity contribution is 5.32. The molecule has 0 aliphatic carbocycles. The lowest BCUT2D eigenvalue weighted by atomic mass is 9.91. The topological polar surface area (TPSA) is 113 Å². The molecule has 4 atom stereocenters. The molecule has 0 aromatic heterocycles. The maximum Gasteiger partial charge on any atom is 0.161 e. The van der Waals surface area contributed by atoms with E-state index in [2.05, 4.69) is 27.2 Å². The average molecular weight is 286 g/mol. The zero-order valence-electron chi connectivity index (χ0n) is 11.8. The first-order valence-electron chi connectivity index (χ1n) is 6.88. The molecule has 2 unspecified atom stereocenters. The normalized spacial score (nSPS) is 39.4. The van der Waals surface area contributed by atoms with Crippen LogP contribution in [0, 0.1) is 0 Å². The summed E-state index contributed by atoms with van der Waals surface area (Å²) in [4.78, 5) is 5.02. The molecule has 2 fully saturated rings. The minimum atomic E-state index is -1.27. The Morgan fingerprint density at radius 3 is 2.80 bits per heavy atom. The van der Waals surface area contributed by atoms with Crippen molar-refractivity contribution in [1.82, 2.24) is 32.2 Å². The summed E-state index contributed by atoms with van der Waals surface area (Å²) in [7, 11) is 0. The molecule has 2 saturated heterocycles. The fraction of sp³-hybridized carbons (Fsp3) is 0.818. The number of nitrogens with zero attached hydrogens (tertiary/aromatic N) is 1. The molecule has 0 amide bonds. The minimum absolute atomic E-state index is 0.255. The van der Waals surface area contributed by atoms with Gasteiger partial charge in [-0.15, -0.1) is 5.53 Å². The number of hydrazine groups is 2. The Hall–Kier alpha value is -0.940. The molecule has 9 heteroatoms. The Balaban J connectivity index is 2.06. The molecular weight excluding hydrogens is 264 g/mol. The number of aliphatic hydroxyl groups is 2. The van der Waals surface area contributed by atoms with Crippen LogP contribution in [0.25, 0.3) is 0 Å². The first kappa shape index (κ1) is 14.0. The summed E-state index contributed by atoms with van der Waals surface area (Å²) in [6.07, 6.45) is 0.416. The van der Waals surface area contributed by atoms with Gasteiger partial charge in [-0.2, -0.15) is 11.0 Å². The van der Waals surface area contributed by atoms with Gasteiger partial charge in [0.05, 0.1) is 5.70 Å². The molecule has 3 rings (SSSR count). The summed E-state index contributed by atoms with van der Waals surface area (Å²) in [5, 5.41) is 26.3. The predicted molar refractivity (Wildman–Crippen MR) is 69.4 cm³/mol. The zero-order valence-corrected chi connectivity index (χ0v) is 11.8. The molecule has 0 bridgehead atoms. The van der Waals surface area contributed by atoms with Crippen molar-refractivity contribution in [2.24, 2.45) is 0 Å². The van der Waals surface area contributed by atoms with Crippen molar-refractivity contribution in [1.29, 1.82) is 0 Å². The van der Waals surface area contributed by atoms with Crippen molar-refractivity contribution in [2.45, 2.75) is 57.3 Å². The number of hydrogen-bond acceptors (Lipinski definition) is 9. The first-order chi connectivity index (χ1) is 9.43. The second-order valence-corrected chi connectivity index (χ2v) is 5.58. The minimum Gasteiger partial charge on any atom is -0.384 e. The molecule has 7 N–H and O–H groups in total. The summed E-state index contributed by atoms with van der Waals surface area (Å²) < 4.78 is 0. The van der Waals surface area contributed by atoms with E-state index in [0.717, 1.165) is 0 Å². The predicted octanol–water partition coefficient (Wildman–Crippen LogP) is -1.92. The molecule has 0 aromatic carbocycles. The van der Waals surface area contributed by atoms with E-state index in [4.69, 9.17) is 4.94 Å². The van der Waals surface area contributed by atoms with E-state index in [9.17, 15) is 10.2 Å². The van der Waals surface area contributed by atoms with E-state index in [0.29, 0.717) is 24.2 Å². The van der Waals surface area contributed by atoms with E-state index in [1.165, 1.54) is 0 Å². The smallest absolute Gasteiger partial charge is 0.161 e. The molecule has 20 heavy (non-hydrogen) atoms. The third kappa shape index (κ3) is 1.83. The quantitative estimate of drug-likeness (QED) is 0.319. The van der Waals surface area contributed by atoms with Crippen LogP contribution >= 0.6 is 0 Å². The Kier molecular flexibility index (Phi) is 3.18. The van der Waals surface area contributed by atoms with Crippen LogP contribution in [0.4, 0.5) is 0 Å². The van der Waals surface area contributed by atoms with Crippen molar-refractivity contribution < 1.29 is 15.2 Å². The molecular formula is C11H22N6O3. The summed E-state index contributed by atoms with van der Waals surface area (Å²) in [5.74, 6) is 0. The van der Waals surface area contributed by atoms with Crippen molar-refractivity contribution >= 4 is 0 Å². The summed E-state index contributed by atoms with van der Waals surface area (Å²) in [5.41, 5.74) is 10.3. The van der Waals surface area contributed by atoms with Crippen LogP contribution in [0.2, 0.25) is 0 Å². The highest BCUT2D eigenvalue weighted by Crippen LogP contribution is 2.37. The zero-order chi connectivity index (χ0) is 14.5. The van der Waals surface area contributed by atoms with Gasteiger partial charge in [0.1, 0.15) is 17.5 Å². The van der Waals surface area contributed by atoms with Gasteiger partial charge in [0.15, 0.2) is 11.9 Å². The number of hydroxylamine groups is 2. The van der Waals surface area contributed by atoms with Gasteiger partial charge in [0.25, 0.3) is 0 Å². The van der Waals surface area contributed by atoms with Crippen LogP contribution in [-0.4, -0.2) is 38.9 Å². The van der Waals surface area contributed by atoms with Gasteiger partial charge in [-0.25, -0.2) is 4.94 Å². The van der Waals surface area contributed by atoms with Gasteiger partial charge < -0.3 is 15.6 Å². The number of nitrogens with one attached hydrogen (secondary N) is 5. The highest BCUT2D eigenvalue weighted by atomic mass is 16.8. The molecule has 0 radical (unpaired) electrons. The number of hydrogen-bond donors (Lipinski definition) is 7. The molecule has 3 aliphatic heterocycles. The average Bonchev–Trinajstić information content (AvgIpc) is 3.04. The van der Waals surface area contributed by atoms with Gasteiger partial charge in [-0.05, 0) is 19.8 Å². The fourth-order valence-corrected chi connectivity index (χ4v) is 2.73. The molecule has 0 spiro atoms. The molecule has 3 heterocycles. The van der Waals surface area contributed by atoms with Crippen molar-refractivity contribution in [3.8, 4) is 0 Å². The summed E-state index contributed by atoms with van der Waals surface area (Å²) in [6.45, 7) is 5.48. The number of fused-ring (bicyclic) bond motifs is 3. The second kappa shape index (κ2) is 4.53. The van der Waals surface area contributed by atoms with Crippen molar-refractivity contribution in [2.75, 3.05) is 0 Å². The van der Waals surface area contributed by atoms with Crippen LogP contribution in [0.3, 0.4) is 0 Å². The molecule has 9 nitrogen and oxygen atoms in total. The highest BCUT2D eigenvalue weighted by Gasteiger charge is 2.54. The van der Waals surface area contributed by atoms with Crippen LogP contribution < -0.4 is 27.2 Å². The second-order valence-electron chi connectivity index (χ2n) is 5.58. The molecule has 0 aromatic rings. The van der Waals surface area contributed by atoms with E-state index >= 15 is 0 Å².